The molecule has 24 heavy (non-hydrogen) atoms. The first-order chi connectivity index (χ1) is 11.6. The van der Waals surface area contributed by atoms with Crippen LogP contribution in [0.3, 0.4) is 0 Å². The van der Waals surface area contributed by atoms with Gasteiger partial charge in [0.2, 0.25) is 11.8 Å². The SMILES string of the molecule is Cc1cn(C2CCC(=O)NC2=O)c2ccc(C3CCNCC3)cc12. The third-order valence-corrected chi connectivity index (χ3v) is 5.41. The van der Waals surface area contributed by atoms with Crippen molar-refractivity contribution in [2.24, 2.45) is 0 Å². The van der Waals surface area contributed by atoms with Crippen LogP contribution < -0.4 is 10.6 Å². The number of imide groups is 1. The number of nitrogens with zero attached hydrogens (tertiary/aromatic N) is 1. The summed E-state index contributed by atoms with van der Waals surface area (Å²) in [5, 5.41) is 7.09. The van der Waals surface area contributed by atoms with E-state index in [1.54, 1.807) is 0 Å². The highest BCUT2D eigenvalue weighted by atomic mass is 16.2. The predicted octanol–water partition coefficient (Wildman–Crippen LogP) is 2.39. The van der Waals surface area contributed by atoms with Crippen molar-refractivity contribution in [1.82, 2.24) is 15.2 Å². The number of amides is 2. The van der Waals surface area contributed by atoms with Crippen LogP contribution in [0, 0.1) is 6.92 Å². The summed E-state index contributed by atoms with van der Waals surface area (Å²) in [5.41, 5.74) is 3.67. The summed E-state index contributed by atoms with van der Waals surface area (Å²) >= 11 is 0. The highest BCUT2D eigenvalue weighted by Gasteiger charge is 2.29. The zero-order chi connectivity index (χ0) is 16.7. The lowest BCUT2D eigenvalue weighted by Crippen LogP contribution is -2.41. The van der Waals surface area contributed by atoms with Gasteiger partial charge in [-0.15, -0.1) is 0 Å². The zero-order valence-corrected chi connectivity index (χ0v) is 14.0. The Hall–Kier alpha value is -2.14. The molecular formula is C19H23N3O2. The largest absolute Gasteiger partial charge is 0.335 e. The Morgan fingerprint density at radius 3 is 2.67 bits per heavy atom. The molecule has 2 aliphatic rings. The third-order valence-electron chi connectivity index (χ3n) is 5.41. The molecule has 2 aromatic rings. The maximum Gasteiger partial charge on any atom is 0.249 e. The first-order valence-electron chi connectivity index (χ1n) is 8.79. The molecule has 0 bridgehead atoms. The van der Waals surface area contributed by atoms with Crippen LogP contribution in [0.4, 0.5) is 0 Å². The number of carbonyl (C=O) groups excluding carboxylic acids is 2. The summed E-state index contributed by atoms with van der Waals surface area (Å²) in [6.45, 7) is 4.26. The highest BCUT2D eigenvalue weighted by Crippen LogP contribution is 2.32. The molecule has 2 fully saturated rings. The van der Waals surface area contributed by atoms with E-state index < -0.39 is 0 Å². The summed E-state index contributed by atoms with van der Waals surface area (Å²) in [6, 6.07) is 6.36. The Morgan fingerprint density at radius 2 is 1.92 bits per heavy atom. The fourth-order valence-corrected chi connectivity index (χ4v) is 4.06. The van der Waals surface area contributed by atoms with Gasteiger partial charge in [0.1, 0.15) is 6.04 Å². The number of carbonyl (C=O) groups is 2. The summed E-state index contributed by atoms with van der Waals surface area (Å²) in [5.74, 6) is 0.261. The van der Waals surface area contributed by atoms with Gasteiger partial charge in [0.15, 0.2) is 0 Å². The Kier molecular flexibility index (Phi) is 3.88. The molecule has 4 rings (SSSR count). The Morgan fingerprint density at radius 1 is 1.12 bits per heavy atom. The van der Waals surface area contributed by atoms with Gasteiger partial charge in [-0.3, -0.25) is 14.9 Å². The molecule has 0 saturated carbocycles. The van der Waals surface area contributed by atoms with Gasteiger partial charge in [-0.2, -0.15) is 0 Å². The van der Waals surface area contributed by atoms with E-state index in [0.29, 0.717) is 18.8 Å². The number of hydrogen-bond donors (Lipinski definition) is 2. The molecule has 1 atom stereocenters. The van der Waals surface area contributed by atoms with Crippen LogP contribution >= 0.6 is 0 Å². The van der Waals surface area contributed by atoms with E-state index in [-0.39, 0.29) is 17.9 Å². The Labute approximate surface area is 141 Å². The number of fused-ring (bicyclic) bond motifs is 1. The van der Waals surface area contributed by atoms with Gasteiger partial charge in [-0.25, -0.2) is 0 Å². The average molecular weight is 325 g/mol. The minimum Gasteiger partial charge on any atom is -0.335 e. The van der Waals surface area contributed by atoms with E-state index >= 15 is 0 Å². The number of aryl methyl sites for hydroxylation is 1. The molecule has 1 unspecified atom stereocenters. The monoisotopic (exact) mass is 325 g/mol. The van der Waals surface area contributed by atoms with Gasteiger partial charge in [0.25, 0.3) is 0 Å². The molecular weight excluding hydrogens is 302 g/mol. The lowest BCUT2D eigenvalue weighted by atomic mass is 9.89. The quantitative estimate of drug-likeness (QED) is 0.834. The number of nitrogens with one attached hydrogen (secondary N) is 2. The number of piperidine rings is 2. The molecule has 2 aliphatic heterocycles. The fraction of sp³-hybridized carbons (Fsp3) is 0.474. The third kappa shape index (κ3) is 2.63. The number of aromatic nitrogens is 1. The van der Waals surface area contributed by atoms with Crippen LogP contribution in [-0.2, 0) is 9.59 Å². The minimum atomic E-state index is -0.288. The van der Waals surface area contributed by atoms with Crippen LogP contribution in [0.15, 0.2) is 24.4 Å². The van der Waals surface area contributed by atoms with Crippen LogP contribution in [0.2, 0.25) is 0 Å². The van der Waals surface area contributed by atoms with Crippen molar-refractivity contribution >= 4 is 22.7 Å². The normalized spacial score (nSPS) is 22.8. The first-order valence-corrected chi connectivity index (χ1v) is 8.79. The molecule has 2 saturated heterocycles. The molecule has 0 aliphatic carbocycles. The van der Waals surface area contributed by atoms with Crippen molar-refractivity contribution in [3.8, 4) is 0 Å². The summed E-state index contributed by atoms with van der Waals surface area (Å²) in [7, 11) is 0. The van der Waals surface area contributed by atoms with Crippen molar-refractivity contribution in [3.05, 3.63) is 35.5 Å². The maximum absolute atomic E-state index is 12.2. The molecule has 1 aromatic heterocycles. The molecule has 2 amide bonds. The summed E-state index contributed by atoms with van der Waals surface area (Å²) < 4.78 is 2.04. The van der Waals surface area contributed by atoms with E-state index in [2.05, 4.69) is 42.0 Å². The Balaban J connectivity index is 1.71. The van der Waals surface area contributed by atoms with Gasteiger partial charge in [-0.05, 0) is 68.5 Å². The van der Waals surface area contributed by atoms with Gasteiger partial charge in [0, 0.05) is 23.5 Å². The summed E-state index contributed by atoms with van der Waals surface area (Å²) in [4.78, 5) is 23.6. The zero-order valence-electron chi connectivity index (χ0n) is 14.0. The van der Waals surface area contributed by atoms with Gasteiger partial charge in [-0.1, -0.05) is 6.07 Å². The van der Waals surface area contributed by atoms with Gasteiger partial charge < -0.3 is 9.88 Å². The molecule has 2 N–H and O–H groups in total. The van der Waals surface area contributed by atoms with Crippen molar-refractivity contribution in [3.63, 3.8) is 0 Å². The average Bonchev–Trinajstić information content (AvgIpc) is 2.92. The Bertz CT molecular complexity index is 802. The molecule has 0 radical (unpaired) electrons. The maximum atomic E-state index is 12.2. The van der Waals surface area contributed by atoms with Crippen LogP contribution in [0.1, 0.15) is 48.8 Å². The second-order valence-corrected chi connectivity index (χ2v) is 6.99. The van der Waals surface area contributed by atoms with Crippen LogP contribution in [-0.4, -0.2) is 29.5 Å². The minimum absolute atomic E-state index is 0.169. The molecule has 5 heteroatoms. The topological polar surface area (TPSA) is 63.1 Å². The van der Waals surface area contributed by atoms with E-state index in [4.69, 9.17) is 0 Å². The standard InChI is InChI=1S/C19H23N3O2/c1-12-11-22(17-4-5-18(23)21-19(17)24)16-3-2-14(10-15(12)16)13-6-8-20-9-7-13/h2-3,10-11,13,17,20H,4-9H2,1H3,(H,21,23,24). The molecule has 3 heterocycles. The van der Waals surface area contributed by atoms with Crippen molar-refractivity contribution in [1.29, 1.82) is 0 Å². The van der Waals surface area contributed by atoms with Crippen molar-refractivity contribution < 1.29 is 9.59 Å². The van der Waals surface area contributed by atoms with E-state index in [9.17, 15) is 9.59 Å². The van der Waals surface area contributed by atoms with Crippen molar-refractivity contribution in [2.75, 3.05) is 13.1 Å². The van der Waals surface area contributed by atoms with E-state index in [0.717, 1.165) is 18.6 Å². The lowest BCUT2D eigenvalue weighted by molar-refractivity contribution is -0.135. The second kappa shape index (κ2) is 6.06. The lowest BCUT2D eigenvalue weighted by Gasteiger charge is -2.24. The number of benzene rings is 1. The van der Waals surface area contributed by atoms with Gasteiger partial charge in [0.05, 0.1) is 0 Å². The summed E-state index contributed by atoms with van der Waals surface area (Å²) in [6.07, 6.45) is 5.39. The van der Waals surface area contributed by atoms with E-state index in [1.165, 1.54) is 29.4 Å². The molecule has 0 spiro atoms. The first kappa shape index (κ1) is 15.4. The highest BCUT2D eigenvalue weighted by molar-refractivity contribution is 6.00. The van der Waals surface area contributed by atoms with Crippen molar-refractivity contribution in [2.45, 2.75) is 44.6 Å². The molecule has 5 nitrogen and oxygen atoms in total. The van der Waals surface area contributed by atoms with Crippen LogP contribution in [0.5, 0.6) is 0 Å². The smallest absolute Gasteiger partial charge is 0.249 e. The molecule has 126 valence electrons. The number of rotatable bonds is 2. The van der Waals surface area contributed by atoms with Gasteiger partial charge >= 0.3 is 0 Å². The fourth-order valence-electron chi connectivity index (χ4n) is 4.06. The van der Waals surface area contributed by atoms with E-state index in [1.807, 2.05) is 4.57 Å². The molecule has 1 aromatic carbocycles. The van der Waals surface area contributed by atoms with Crippen LogP contribution in [0.25, 0.3) is 10.9 Å². The second-order valence-electron chi connectivity index (χ2n) is 6.99. The number of hydrogen-bond acceptors (Lipinski definition) is 3. The predicted molar refractivity (Wildman–Crippen MR) is 92.9 cm³/mol.